The highest BCUT2D eigenvalue weighted by atomic mass is 32.2. The molecule has 0 aliphatic heterocycles. The molecule has 1 heterocycles. The van der Waals surface area contributed by atoms with Gasteiger partial charge in [0.1, 0.15) is 0 Å². The van der Waals surface area contributed by atoms with Gasteiger partial charge in [-0.05, 0) is 49.7 Å². The van der Waals surface area contributed by atoms with Crippen LogP contribution >= 0.6 is 12.3 Å². The van der Waals surface area contributed by atoms with Crippen molar-refractivity contribution in [1.29, 1.82) is 0 Å². The van der Waals surface area contributed by atoms with Gasteiger partial charge in [-0.1, -0.05) is 26.0 Å². The molecular weight excluding hydrogens is 398 g/mol. The lowest BCUT2D eigenvalue weighted by Crippen LogP contribution is -2.24. The second kappa shape index (κ2) is 13.0. The first-order valence-corrected chi connectivity index (χ1v) is 10.9. The summed E-state index contributed by atoms with van der Waals surface area (Å²) in [6, 6.07) is 16.0. The van der Waals surface area contributed by atoms with Gasteiger partial charge in [-0.3, -0.25) is 8.37 Å². The molecule has 0 aliphatic rings. The van der Waals surface area contributed by atoms with Gasteiger partial charge in [-0.15, -0.1) is 10.2 Å². The summed E-state index contributed by atoms with van der Waals surface area (Å²) in [5.41, 5.74) is 3.91. The summed E-state index contributed by atoms with van der Waals surface area (Å²) in [5.74, 6) is 0.592. The lowest BCUT2D eigenvalue weighted by atomic mass is 10.2. The quantitative estimate of drug-likeness (QED) is 0.210. The highest BCUT2D eigenvalue weighted by molar-refractivity contribution is 7.89. The average molecular weight is 430 g/mol. The van der Waals surface area contributed by atoms with Crippen molar-refractivity contribution in [1.82, 2.24) is 9.55 Å². The van der Waals surface area contributed by atoms with E-state index in [2.05, 4.69) is 39.2 Å². The highest BCUT2D eigenvalue weighted by Crippen LogP contribution is 2.24. The van der Waals surface area contributed by atoms with Gasteiger partial charge in [0.05, 0.1) is 30.4 Å². The fourth-order valence-corrected chi connectivity index (χ4v) is 3.20. The molecule has 0 spiro atoms. The second-order valence-corrected chi connectivity index (χ2v) is 6.87. The van der Waals surface area contributed by atoms with Crippen LogP contribution in [0.15, 0.2) is 58.8 Å². The standard InChI is InChI=1S/C20H25N5O2S.C2H6/c1-4-25(14-7-15-27-28-26-3)17-12-10-16(11-13-17)22-23-20-21-18-8-5-6-9-19(18)24(20)2;1-2/h5-6,8-13H,4,7,14-15H2,1-3H3;1-2H3. The van der Waals surface area contributed by atoms with Crippen molar-refractivity contribution in [3.8, 4) is 0 Å². The van der Waals surface area contributed by atoms with E-state index in [1.807, 2.05) is 61.9 Å². The number of aromatic nitrogens is 2. The minimum Gasteiger partial charge on any atom is -0.372 e. The van der Waals surface area contributed by atoms with Crippen molar-refractivity contribution in [3.63, 3.8) is 0 Å². The predicted molar refractivity (Wildman–Crippen MR) is 126 cm³/mol. The van der Waals surface area contributed by atoms with Gasteiger partial charge in [0.2, 0.25) is 5.95 Å². The fraction of sp³-hybridized carbons (Fsp3) is 0.409. The van der Waals surface area contributed by atoms with Crippen LogP contribution in [-0.4, -0.2) is 36.4 Å². The molecule has 1 aromatic heterocycles. The fourth-order valence-electron chi connectivity index (χ4n) is 2.92. The van der Waals surface area contributed by atoms with Crippen LogP contribution in [0, 0.1) is 0 Å². The molecule has 7 nitrogen and oxygen atoms in total. The maximum Gasteiger partial charge on any atom is 0.250 e. The zero-order valence-corrected chi connectivity index (χ0v) is 19.2. The Kier molecular flexibility index (Phi) is 10.3. The topological polar surface area (TPSA) is 64.2 Å². The van der Waals surface area contributed by atoms with Gasteiger partial charge >= 0.3 is 0 Å². The molecule has 3 rings (SSSR count). The minimum absolute atomic E-state index is 0.592. The second-order valence-electron chi connectivity index (χ2n) is 6.17. The van der Waals surface area contributed by atoms with E-state index in [-0.39, 0.29) is 0 Å². The number of nitrogens with zero attached hydrogens (tertiary/aromatic N) is 5. The number of benzene rings is 2. The largest absolute Gasteiger partial charge is 0.372 e. The van der Waals surface area contributed by atoms with Gasteiger partial charge in [-0.25, -0.2) is 4.98 Å². The third-order valence-corrected chi connectivity index (χ3v) is 4.79. The van der Waals surface area contributed by atoms with E-state index in [1.54, 1.807) is 7.11 Å². The molecular formula is C22H31N5O2S. The average Bonchev–Trinajstić information content (AvgIpc) is 3.12. The molecule has 0 atom stereocenters. The van der Waals surface area contributed by atoms with Crippen molar-refractivity contribution < 1.29 is 8.37 Å². The molecule has 0 N–H and O–H groups in total. The van der Waals surface area contributed by atoms with Gasteiger partial charge in [-0.2, -0.15) is 0 Å². The zero-order valence-electron chi connectivity index (χ0n) is 18.4. The Labute approximate surface area is 183 Å². The maximum atomic E-state index is 5.27. The third kappa shape index (κ3) is 6.55. The molecule has 0 fully saturated rings. The Morgan fingerprint density at radius 1 is 1.07 bits per heavy atom. The Hall–Kier alpha value is -2.42. The van der Waals surface area contributed by atoms with Crippen LogP contribution in [0.2, 0.25) is 0 Å². The van der Waals surface area contributed by atoms with Crippen LogP contribution in [0.25, 0.3) is 11.0 Å². The number of fused-ring (bicyclic) bond motifs is 1. The van der Waals surface area contributed by atoms with E-state index in [0.29, 0.717) is 12.6 Å². The molecule has 162 valence electrons. The first-order chi connectivity index (χ1) is 14.7. The van der Waals surface area contributed by atoms with E-state index >= 15 is 0 Å². The van der Waals surface area contributed by atoms with Crippen molar-refractivity contribution in [2.24, 2.45) is 17.3 Å². The molecule has 8 heteroatoms. The number of rotatable bonds is 10. The van der Waals surface area contributed by atoms with Crippen LogP contribution in [0.3, 0.4) is 0 Å². The van der Waals surface area contributed by atoms with Crippen LogP contribution in [0.4, 0.5) is 17.3 Å². The van der Waals surface area contributed by atoms with Crippen LogP contribution < -0.4 is 4.90 Å². The summed E-state index contributed by atoms with van der Waals surface area (Å²) in [6.45, 7) is 8.64. The Balaban J connectivity index is 0.00000155. The SMILES string of the molecule is CC.CCN(CCCOSOC)c1ccc(N=Nc2nc3ccccc3n2C)cc1. The van der Waals surface area contributed by atoms with Gasteiger partial charge in [0.15, 0.2) is 12.3 Å². The molecule has 0 radical (unpaired) electrons. The van der Waals surface area contributed by atoms with E-state index in [4.69, 9.17) is 8.37 Å². The summed E-state index contributed by atoms with van der Waals surface area (Å²) >= 11 is 1.02. The first-order valence-electron chi connectivity index (χ1n) is 10.2. The van der Waals surface area contributed by atoms with Crippen LogP contribution in [-0.2, 0) is 15.4 Å². The summed E-state index contributed by atoms with van der Waals surface area (Å²) in [4.78, 5) is 6.81. The Bertz CT molecular complexity index is 912. The number of anilines is 1. The molecule has 0 saturated carbocycles. The number of para-hydroxylation sites is 2. The Morgan fingerprint density at radius 3 is 2.47 bits per heavy atom. The minimum atomic E-state index is 0.592. The van der Waals surface area contributed by atoms with Gasteiger partial charge in [0.25, 0.3) is 0 Å². The summed E-state index contributed by atoms with van der Waals surface area (Å²) < 4.78 is 12.0. The summed E-state index contributed by atoms with van der Waals surface area (Å²) in [5, 5.41) is 8.66. The number of hydrogen-bond acceptors (Lipinski definition) is 7. The lowest BCUT2D eigenvalue weighted by Gasteiger charge is -2.22. The number of azo groups is 1. The number of hydrogen-bond donors (Lipinski definition) is 0. The first kappa shape index (κ1) is 23.9. The summed E-state index contributed by atoms with van der Waals surface area (Å²) in [6.07, 6.45) is 0.929. The number of aryl methyl sites for hydroxylation is 1. The number of imidazole rings is 1. The predicted octanol–water partition coefficient (Wildman–Crippen LogP) is 6.46. The van der Waals surface area contributed by atoms with E-state index < -0.39 is 0 Å². The molecule has 0 saturated heterocycles. The molecule has 0 aliphatic carbocycles. The van der Waals surface area contributed by atoms with Gasteiger partial charge in [0, 0.05) is 25.8 Å². The third-order valence-electron chi connectivity index (χ3n) is 4.39. The monoisotopic (exact) mass is 429 g/mol. The molecule has 3 aromatic rings. The Morgan fingerprint density at radius 2 is 1.80 bits per heavy atom. The van der Waals surface area contributed by atoms with Gasteiger partial charge < -0.3 is 9.47 Å². The van der Waals surface area contributed by atoms with Crippen molar-refractivity contribution in [2.75, 3.05) is 31.7 Å². The lowest BCUT2D eigenvalue weighted by molar-refractivity contribution is 0.316. The normalized spacial score (nSPS) is 11.0. The highest BCUT2D eigenvalue weighted by Gasteiger charge is 2.07. The smallest absolute Gasteiger partial charge is 0.250 e. The molecule has 30 heavy (non-hydrogen) atoms. The van der Waals surface area contributed by atoms with E-state index in [9.17, 15) is 0 Å². The molecule has 0 unspecified atom stereocenters. The van der Waals surface area contributed by atoms with Crippen LogP contribution in [0.1, 0.15) is 27.2 Å². The zero-order chi connectivity index (χ0) is 21.8. The molecule has 2 aromatic carbocycles. The molecule has 0 bridgehead atoms. The summed E-state index contributed by atoms with van der Waals surface area (Å²) in [7, 11) is 3.54. The van der Waals surface area contributed by atoms with Crippen molar-refractivity contribution in [3.05, 3.63) is 48.5 Å². The van der Waals surface area contributed by atoms with Crippen molar-refractivity contribution >= 4 is 40.7 Å². The van der Waals surface area contributed by atoms with Crippen molar-refractivity contribution in [2.45, 2.75) is 27.2 Å². The van der Waals surface area contributed by atoms with E-state index in [0.717, 1.165) is 54.2 Å². The van der Waals surface area contributed by atoms with Crippen LogP contribution in [0.5, 0.6) is 0 Å². The van der Waals surface area contributed by atoms with E-state index in [1.165, 1.54) is 0 Å². The molecule has 0 amide bonds. The maximum absolute atomic E-state index is 5.27.